The topological polar surface area (TPSA) is 49.8 Å². The van der Waals surface area contributed by atoms with Crippen LogP contribution in [0.15, 0.2) is 48.4 Å². The molecular weight excluding hydrogens is 314 g/mol. The van der Waals surface area contributed by atoms with Crippen LogP contribution in [0.5, 0.6) is 5.75 Å². The molecule has 1 aliphatic rings. The van der Waals surface area contributed by atoms with Crippen LogP contribution in [-0.2, 0) is 17.8 Å². The number of benzene rings is 2. The zero-order chi connectivity index (χ0) is 24.9. The molecule has 0 fully saturated rings. The number of hydrogen-bond acceptors (Lipinski definition) is 3. The first-order valence-corrected chi connectivity index (χ1v) is 7.70. The second-order valence-corrected chi connectivity index (χ2v) is 5.73. The molecule has 130 valence electrons. The lowest BCUT2D eigenvalue weighted by atomic mass is 9.92. The average Bonchev–Trinajstić information content (AvgIpc) is 2.79. The summed E-state index contributed by atoms with van der Waals surface area (Å²) in [5.74, 6) is -1.07. The Morgan fingerprint density at radius 1 is 1.40 bits per heavy atom. The van der Waals surface area contributed by atoms with Gasteiger partial charge in [-0.1, -0.05) is 36.3 Å². The lowest BCUT2D eigenvalue weighted by molar-refractivity contribution is -0.136. The number of rotatable bonds is 5. The van der Waals surface area contributed by atoms with E-state index in [0.29, 0.717) is 5.56 Å². The number of fused-ring (bicyclic) bond motifs is 2. The van der Waals surface area contributed by atoms with Crippen LogP contribution in [0.3, 0.4) is 0 Å². The first-order chi connectivity index (χ1) is 15.2. The van der Waals surface area contributed by atoms with E-state index in [9.17, 15) is 9.90 Å². The molecule has 0 atom stereocenters. The van der Waals surface area contributed by atoms with Crippen molar-refractivity contribution in [1.29, 1.82) is 0 Å². The number of carbonyl (C=O) groups is 1. The predicted octanol–water partition coefficient (Wildman–Crippen LogP) is 3.59. The van der Waals surface area contributed by atoms with Gasteiger partial charge in [0.2, 0.25) is 0 Å². The van der Waals surface area contributed by atoms with Crippen molar-refractivity contribution < 1.29 is 25.6 Å². The lowest BCUT2D eigenvalue weighted by Gasteiger charge is -2.13. The predicted molar refractivity (Wildman–Crippen MR) is 98.8 cm³/mol. The molecule has 1 aliphatic heterocycles. The summed E-state index contributed by atoms with van der Waals surface area (Å²) in [4.78, 5) is 12.6. The molecule has 3 rings (SSSR count). The van der Waals surface area contributed by atoms with Crippen LogP contribution in [0.4, 0.5) is 0 Å². The quantitative estimate of drug-likeness (QED) is 0.900. The lowest BCUT2D eigenvalue weighted by Crippen LogP contribution is -2.12. The van der Waals surface area contributed by atoms with Crippen molar-refractivity contribution in [3.05, 3.63) is 70.7 Å². The minimum Gasteiger partial charge on any atom is -0.488 e. The van der Waals surface area contributed by atoms with E-state index in [1.165, 1.54) is 29.2 Å². The molecule has 1 N–H and O–H groups in total. The van der Waals surface area contributed by atoms with Gasteiger partial charge in [-0.15, -0.1) is 0 Å². The zero-order valence-electron chi connectivity index (χ0n) is 21.9. The largest absolute Gasteiger partial charge is 0.488 e. The molecule has 2 aromatic rings. The number of aliphatic carboxylic acids is 1. The molecule has 1 heterocycles. The second kappa shape index (κ2) is 7.53. The van der Waals surface area contributed by atoms with E-state index >= 15 is 0 Å². The van der Waals surface area contributed by atoms with Gasteiger partial charge in [0, 0.05) is 14.8 Å². The molecule has 4 nitrogen and oxygen atoms in total. The van der Waals surface area contributed by atoms with Crippen LogP contribution in [0, 0.1) is 0 Å². The van der Waals surface area contributed by atoms with Crippen molar-refractivity contribution in [2.75, 3.05) is 20.6 Å². The Morgan fingerprint density at radius 3 is 2.96 bits per heavy atom. The molecular formula is C21H23NO3. The Morgan fingerprint density at radius 2 is 2.20 bits per heavy atom. The highest BCUT2D eigenvalue weighted by Gasteiger charge is 2.19. The molecule has 0 saturated heterocycles. The van der Waals surface area contributed by atoms with E-state index in [-0.39, 0.29) is 35.3 Å². The second-order valence-electron chi connectivity index (χ2n) is 5.73. The fourth-order valence-corrected chi connectivity index (χ4v) is 2.54. The summed E-state index contributed by atoms with van der Waals surface area (Å²) in [5.41, 5.74) is 0.187. The van der Waals surface area contributed by atoms with E-state index < -0.39 is 48.8 Å². The van der Waals surface area contributed by atoms with E-state index in [1.54, 1.807) is 14.1 Å². The highest BCUT2D eigenvalue weighted by Crippen LogP contribution is 2.37. The Balaban J connectivity index is 2.42. The smallest absolute Gasteiger partial charge is 0.307 e. The third-order valence-electron chi connectivity index (χ3n) is 3.62. The molecule has 0 unspecified atom stereocenters. The van der Waals surface area contributed by atoms with Crippen LogP contribution in [0.2, 0.25) is 0 Å². The number of nitrogens with zero attached hydrogens (tertiary/aromatic N) is 1. The molecule has 0 aliphatic carbocycles. The summed E-state index contributed by atoms with van der Waals surface area (Å²) < 4.78 is 71.8. The van der Waals surface area contributed by atoms with Gasteiger partial charge in [-0.2, -0.15) is 0 Å². The fourth-order valence-electron chi connectivity index (χ4n) is 2.54. The van der Waals surface area contributed by atoms with Crippen molar-refractivity contribution in [3.63, 3.8) is 0 Å². The Kier molecular flexibility index (Phi) is 2.95. The van der Waals surface area contributed by atoms with E-state index in [0.717, 1.165) is 0 Å². The number of hydrogen-bond donors (Lipinski definition) is 1. The van der Waals surface area contributed by atoms with Crippen molar-refractivity contribution >= 4 is 11.5 Å². The summed E-state index contributed by atoms with van der Waals surface area (Å²) in [6.45, 7) is -4.45. The number of ether oxygens (including phenoxy) is 1. The SMILES string of the molecule is [2H]c1c([2H])c([2H])c2c(c1[2H])/C(=C\CC([2H])([2H])N(C)C)c1cc(CC(=O)O)ccc1OC2([2H])[2H]. The molecule has 25 heavy (non-hydrogen) atoms. The highest BCUT2D eigenvalue weighted by atomic mass is 16.5. The van der Waals surface area contributed by atoms with Gasteiger partial charge >= 0.3 is 5.97 Å². The van der Waals surface area contributed by atoms with Gasteiger partial charge in [-0.3, -0.25) is 4.79 Å². The van der Waals surface area contributed by atoms with Crippen molar-refractivity contribution in [2.45, 2.75) is 19.4 Å². The van der Waals surface area contributed by atoms with Crippen LogP contribution in [0.1, 0.15) is 39.6 Å². The Hall–Kier alpha value is -2.59. The summed E-state index contributed by atoms with van der Waals surface area (Å²) in [5, 5.41) is 9.19. The Labute approximate surface area is 159 Å². The molecule has 0 amide bonds. The summed E-state index contributed by atoms with van der Waals surface area (Å²) in [7, 11) is 3.10. The number of carboxylic acid groups (broad SMARTS) is 1. The minimum absolute atomic E-state index is 0.0128. The van der Waals surface area contributed by atoms with Gasteiger partial charge in [-0.25, -0.2) is 0 Å². The van der Waals surface area contributed by atoms with Gasteiger partial charge < -0.3 is 14.7 Å². The van der Waals surface area contributed by atoms with Crippen LogP contribution in [0.25, 0.3) is 5.57 Å². The summed E-state index contributed by atoms with van der Waals surface area (Å²) >= 11 is 0. The van der Waals surface area contributed by atoms with Crippen LogP contribution >= 0.6 is 0 Å². The maximum Gasteiger partial charge on any atom is 0.307 e. The standard InChI is InChI=1S/C21H23NO3/c1-22(2)11-5-8-18-17-7-4-3-6-16(17)14-25-20-10-9-15(12-19(18)20)13-21(23)24/h3-4,6-10,12H,5,11,13-14H2,1-2H3,(H,23,24)/b18-8+/i3D,4D,6D,7D,11D2,14D2. The Bertz CT molecular complexity index is 1160. The average molecular weight is 345 g/mol. The van der Waals surface area contributed by atoms with Crippen molar-refractivity contribution in [2.24, 2.45) is 0 Å². The molecule has 4 heteroatoms. The molecule has 0 spiro atoms. The maximum atomic E-state index is 11.2. The first kappa shape index (κ1) is 9.78. The van der Waals surface area contributed by atoms with Gasteiger partial charge in [-0.05, 0) is 54.9 Å². The maximum absolute atomic E-state index is 11.2. The number of carboxylic acids is 1. The van der Waals surface area contributed by atoms with Gasteiger partial charge in [0.15, 0.2) is 0 Å². The van der Waals surface area contributed by atoms with Crippen molar-refractivity contribution in [1.82, 2.24) is 4.90 Å². The molecule has 0 aromatic heterocycles. The fraction of sp³-hybridized carbons (Fsp3) is 0.286. The van der Waals surface area contributed by atoms with Crippen LogP contribution < -0.4 is 4.74 Å². The monoisotopic (exact) mass is 345 g/mol. The molecule has 2 aromatic carbocycles. The van der Waals surface area contributed by atoms with Gasteiger partial charge in [0.05, 0.1) is 14.6 Å². The molecule has 0 bridgehead atoms. The highest BCUT2D eigenvalue weighted by molar-refractivity contribution is 5.85. The van der Waals surface area contributed by atoms with E-state index in [4.69, 9.17) is 15.7 Å². The first-order valence-electron chi connectivity index (χ1n) is 11.7. The van der Waals surface area contributed by atoms with E-state index in [1.807, 2.05) is 0 Å². The van der Waals surface area contributed by atoms with Crippen molar-refractivity contribution in [3.8, 4) is 5.75 Å². The minimum atomic E-state index is -2.63. The molecule has 0 radical (unpaired) electrons. The third-order valence-corrected chi connectivity index (χ3v) is 3.62. The normalized spacial score (nSPS) is 21.8. The summed E-state index contributed by atoms with van der Waals surface area (Å²) in [6, 6.07) is 2.04. The van der Waals surface area contributed by atoms with Crippen LogP contribution in [-0.4, -0.2) is 36.6 Å². The van der Waals surface area contributed by atoms with E-state index in [2.05, 4.69) is 0 Å². The third kappa shape index (κ3) is 4.09. The zero-order valence-corrected chi connectivity index (χ0v) is 13.9. The molecule has 0 saturated carbocycles. The van der Waals surface area contributed by atoms with Gasteiger partial charge in [0.1, 0.15) is 12.3 Å². The van der Waals surface area contributed by atoms with Gasteiger partial charge in [0.25, 0.3) is 0 Å². The summed E-state index contributed by atoms with van der Waals surface area (Å²) in [6.07, 6.45) is 0.919.